The zero-order valence-corrected chi connectivity index (χ0v) is 9.04. The molecule has 0 amide bonds. The maximum absolute atomic E-state index is 5.92. The molecule has 0 aliphatic rings. The molecule has 1 heterocycles. The van der Waals surface area contributed by atoms with E-state index in [2.05, 4.69) is 16.8 Å². The lowest BCUT2D eigenvalue weighted by Gasteiger charge is -2.22. The summed E-state index contributed by atoms with van der Waals surface area (Å²) in [7, 11) is 2.04. The molecule has 0 radical (unpaired) electrons. The van der Waals surface area contributed by atoms with Gasteiger partial charge >= 0.3 is 0 Å². The summed E-state index contributed by atoms with van der Waals surface area (Å²) in [5.74, 6) is 0. The minimum Gasteiger partial charge on any atom is -0.373 e. The molecule has 2 nitrogen and oxygen atoms in total. The molecule has 0 fully saturated rings. The molecule has 0 aliphatic heterocycles. The molecule has 1 aromatic rings. The zero-order chi connectivity index (χ0) is 9.84. The molecular weight excluding hydrogens is 184 g/mol. The number of nitrogens with zero attached hydrogens (tertiary/aromatic N) is 2. The summed E-state index contributed by atoms with van der Waals surface area (Å²) in [6.07, 6.45) is 3.67. The Morgan fingerprint density at radius 1 is 1.62 bits per heavy atom. The number of rotatable bonds is 3. The van der Waals surface area contributed by atoms with Crippen molar-refractivity contribution in [2.24, 2.45) is 0 Å². The van der Waals surface area contributed by atoms with E-state index in [-0.39, 0.29) is 5.38 Å². The van der Waals surface area contributed by atoms with E-state index >= 15 is 0 Å². The molecule has 0 spiro atoms. The number of alkyl halides is 1. The van der Waals surface area contributed by atoms with Crippen molar-refractivity contribution < 1.29 is 0 Å². The van der Waals surface area contributed by atoms with Crippen molar-refractivity contribution in [1.29, 1.82) is 0 Å². The Morgan fingerprint density at radius 2 is 2.31 bits per heavy atom. The zero-order valence-electron chi connectivity index (χ0n) is 8.29. The molecule has 1 aromatic heterocycles. The Bertz CT molecular complexity index is 273. The second-order valence-corrected chi connectivity index (χ2v) is 4.07. The third-order valence-electron chi connectivity index (χ3n) is 1.93. The maximum Gasteiger partial charge on any atom is 0.0482 e. The van der Waals surface area contributed by atoms with Crippen LogP contribution >= 0.6 is 11.6 Å². The van der Waals surface area contributed by atoms with E-state index in [1.165, 1.54) is 11.3 Å². The van der Waals surface area contributed by atoms with Crippen LogP contribution in [-0.4, -0.2) is 24.0 Å². The van der Waals surface area contributed by atoms with Crippen LogP contribution in [0.2, 0.25) is 0 Å². The van der Waals surface area contributed by atoms with Crippen molar-refractivity contribution >= 4 is 17.3 Å². The van der Waals surface area contributed by atoms with Gasteiger partial charge in [-0.1, -0.05) is 0 Å². The van der Waals surface area contributed by atoms with Crippen LogP contribution in [0.3, 0.4) is 0 Å². The van der Waals surface area contributed by atoms with Crippen LogP contribution in [0, 0.1) is 6.92 Å². The fourth-order valence-electron chi connectivity index (χ4n) is 1.37. The first-order chi connectivity index (χ1) is 6.11. The van der Waals surface area contributed by atoms with Gasteiger partial charge in [0.15, 0.2) is 0 Å². The highest BCUT2D eigenvalue weighted by Gasteiger charge is 2.06. The smallest absolute Gasteiger partial charge is 0.0482 e. The second-order valence-electron chi connectivity index (χ2n) is 3.32. The number of halogens is 1. The van der Waals surface area contributed by atoms with Crippen LogP contribution < -0.4 is 4.90 Å². The first-order valence-electron chi connectivity index (χ1n) is 4.37. The van der Waals surface area contributed by atoms with Gasteiger partial charge in [-0.3, -0.25) is 4.98 Å². The SMILES string of the molecule is Cc1cnccc1N(C)CC(C)Cl. The Morgan fingerprint density at radius 3 is 2.85 bits per heavy atom. The fraction of sp³-hybridized carbons (Fsp3) is 0.500. The molecule has 13 heavy (non-hydrogen) atoms. The summed E-state index contributed by atoms with van der Waals surface area (Å²) in [4.78, 5) is 6.19. The van der Waals surface area contributed by atoms with Crippen LogP contribution in [0.4, 0.5) is 5.69 Å². The third-order valence-corrected chi connectivity index (χ3v) is 2.07. The molecule has 0 saturated carbocycles. The molecule has 72 valence electrons. The van der Waals surface area contributed by atoms with E-state index in [0.717, 1.165) is 6.54 Å². The van der Waals surface area contributed by atoms with Gasteiger partial charge in [-0.2, -0.15) is 0 Å². The number of aromatic nitrogens is 1. The van der Waals surface area contributed by atoms with Crippen LogP contribution in [0.25, 0.3) is 0 Å². The van der Waals surface area contributed by atoms with Crippen molar-refractivity contribution in [3.05, 3.63) is 24.0 Å². The monoisotopic (exact) mass is 198 g/mol. The van der Waals surface area contributed by atoms with Crippen LogP contribution in [0.5, 0.6) is 0 Å². The number of hydrogen-bond acceptors (Lipinski definition) is 2. The number of hydrogen-bond donors (Lipinski definition) is 0. The minimum atomic E-state index is 0.164. The van der Waals surface area contributed by atoms with Crippen molar-refractivity contribution in [2.45, 2.75) is 19.2 Å². The van der Waals surface area contributed by atoms with Gasteiger partial charge < -0.3 is 4.90 Å². The number of aryl methyl sites for hydroxylation is 1. The van der Waals surface area contributed by atoms with E-state index in [1.807, 2.05) is 26.2 Å². The van der Waals surface area contributed by atoms with Gasteiger partial charge in [0.25, 0.3) is 0 Å². The number of pyridine rings is 1. The first-order valence-corrected chi connectivity index (χ1v) is 4.80. The van der Waals surface area contributed by atoms with Crippen molar-refractivity contribution in [2.75, 3.05) is 18.5 Å². The van der Waals surface area contributed by atoms with Crippen LogP contribution in [0.15, 0.2) is 18.5 Å². The second kappa shape index (κ2) is 4.47. The maximum atomic E-state index is 5.92. The summed E-state index contributed by atoms with van der Waals surface area (Å²) in [5.41, 5.74) is 2.38. The molecule has 1 rings (SSSR count). The van der Waals surface area contributed by atoms with E-state index in [0.29, 0.717) is 0 Å². The van der Waals surface area contributed by atoms with Gasteiger partial charge in [0.1, 0.15) is 0 Å². The highest BCUT2D eigenvalue weighted by Crippen LogP contribution is 2.17. The number of anilines is 1. The van der Waals surface area contributed by atoms with E-state index in [9.17, 15) is 0 Å². The summed E-state index contributed by atoms with van der Waals surface area (Å²) < 4.78 is 0. The lowest BCUT2D eigenvalue weighted by molar-refractivity contribution is 0.854. The topological polar surface area (TPSA) is 16.1 Å². The lowest BCUT2D eigenvalue weighted by atomic mass is 10.2. The van der Waals surface area contributed by atoms with Crippen molar-refractivity contribution in [3.63, 3.8) is 0 Å². The molecule has 1 unspecified atom stereocenters. The van der Waals surface area contributed by atoms with Crippen molar-refractivity contribution in [3.8, 4) is 0 Å². The standard InChI is InChI=1S/C10H15ClN2/c1-8-6-12-5-4-10(8)13(3)7-9(2)11/h4-6,9H,7H2,1-3H3. The molecule has 0 bridgehead atoms. The summed E-state index contributed by atoms with van der Waals surface area (Å²) in [5, 5.41) is 0.164. The third kappa shape index (κ3) is 2.88. The predicted octanol–water partition coefficient (Wildman–Crippen LogP) is 2.45. The van der Waals surface area contributed by atoms with Gasteiger partial charge in [-0.15, -0.1) is 11.6 Å². The van der Waals surface area contributed by atoms with Gasteiger partial charge in [0, 0.05) is 37.1 Å². The van der Waals surface area contributed by atoms with Gasteiger partial charge in [0.05, 0.1) is 0 Å². The van der Waals surface area contributed by atoms with Gasteiger partial charge in [-0.25, -0.2) is 0 Å². The summed E-state index contributed by atoms with van der Waals surface area (Å²) in [6.45, 7) is 4.90. The molecule has 0 saturated heterocycles. The quantitative estimate of drug-likeness (QED) is 0.694. The summed E-state index contributed by atoms with van der Waals surface area (Å²) >= 11 is 5.92. The molecule has 1 atom stereocenters. The Balaban J connectivity index is 2.76. The molecular formula is C10H15ClN2. The van der Waals surface area contributed by atoms with E-state index < -0.39 is 0 Å². The molecule has 0 N–H and O–H groups in total. The highest BCUT2D eigenvalue weighted by atomic mass is 35.5. The average Bonchev–Trinajstić information content (AvgIpc) is 2.03. The van der Waals surface area contributed by atoms with Crippen LogP contribution in [-0.2, 0) is 0 Å². The normalized spacial score (nSPS) is 12.6. The van der Waals surface area contributed by atoms with Gasteiger partial charge in [0.2, 0.25) is 0 Å². The minimum absolute atomic E-state index is 0.164. The van der Waals surface area contributed by atoms with Gasteiger partial charge in [-0.05, 0) is 25.5 Å². The predicted molar refractivity (Wildman–Crippen MR) is 57.6 cm³/mol. The summed E-state index contributed by atoms with van der Waals surface area (Å²) in [6, 6.07) is 2.01. The first kappa shape index (κ1) is 10.3. The Kier molecular flexibility index (Phi) is 3.55. The molecule has 0 aliphatic carbocycles. The van der Waals surface area contributed by atoms with E-state index in [4.69, 9.17) is 11.6 Å². The molecule has 0 aromatic carbocycles. The highest BCUT2D eigenvalue weighted by molar-refractivity contribution is 6.20. The van der Waals surface area contributed by atoms with E-state index in [1.54, 1.807) is 6.20 Å². The lowest BCUT2D eigenvalue weighted by Crippen LogP contribution is -2.24. The van der Waals surface area contributed by atoms with Crippen molar-refractivity contribution in [1.82, 2.24) is 4.98 Å². The fourth-order valence-corrected chi connectivity index (χ4v) is 1.58. The molecule has 3 heteroatoms. The Hall–Kier alpha value is -0.760. The Labute approximate surface area is 84.5 Å². The average molecular weight is 199 g/mol. The largest absolute Gasteiger partial charge is 0.373 e. The van der Waals surface area contributed by atoms with Crippen LogP contribution in [0.1, 0.15) is 12.5 Å².